The molecule has 2 rings (SSSR count). The molecule has 4 N–H and O–H groups in total. The van der Waals surface area contributed by atoms with Crippen molar-refractivity contribution in [3.63, 3.8) is 0 Å². The molecule has 0 radical (unpaired) electrons. The Bertz CT molecular complexity index is 687. The van der Waals surface area contributed by atoms with Gasteiger partial charge < -0.3 is 16.2 Å². The molecule has 108 valence electrons. The van der Waals surface area contributed by atoms with Crippen LogP contribution < -0.4 is 11.1 Å². The van der Waals surface area contributed by atoms with Gasteiger partial charge in [-0.2, -0.15) is 0 Å². The van der Waals surface area contributed by atoms with Crippen LogP contribution in [0.4, 0.5) is 0 Å². The van der Waals surface area contributed by atoms with Gasteiger partial charge in [-0.1, -0.05) is 52.4 Å². The van der Waals surface area contributed by atoms with Gasteiger partial charge in [-0.3, -0.25) is 4.79 Å². The van der Waals surface area contributed by atoms with Gasteiger partial charge in [0.15, 0.2) is 0 Å². The van der Waals surface area contributed by atoms with E-state index in [-0.39, 0.29) is 17.2 Å². The van der Waals surface area contributed by atoms with Gasteiger partial charge in [0.2, 0.25) is 0 Å². The number of aromatic hydroxyl groups is 1. The zero-order valence-electron chi connectivity index (χ0n) is 11.0. The zero-order chi connectivity index (χ0) is 15.4. The Kier molecular flexibility index (Phi) is 4.93. The minimum absolute atomic E-state index is 0.0560. The summed E-state index contributed by atoms with van der Waals surface area (Å²) < 4.78 is 0.728. The van der Waals surface area contributed by atoms with Crippen LogP contribution in [0, 0.1) is 0 Å². The molecule has 0 heterocycles. The fraction of sp³-hybridized carbons (Fsp3) is 0.0667. The number of benzene rings is 2. The smallest absolute Gasteiger partial charge is 0.255 e. The molecule has 0 spiro atoms. The summed E-state index contributed by atoms with van der Waals surface area (Å²) >= 11 is 8.14. The monoisotopic (exact) mass is 364 g/mol. The van der Waals surface area contributed by atoms with E-state index in [0.29, 0.717) is 11.5 Å². The second kappa shape index (κ2) is 6.69. The highest BCUT2D eigenvalue weighted by molar-refractivity contribution is 9.10. The van der Waals surface area contributed by atoms with Crippen LogP contribution >= 0.6 is 28.1 Å². The molecule has 0 unspecified atom stereocenters. The largest absolute Gasteiger partial charge is 0.507 e. The van der Waals surface area contributed by atoms with Crippen LogP contribution in [0.3, 0.4) is 0 Å². The molecule has 0 aliphatic carbocycles. The normalized spacial score (nSPS) is 10.1. The van der Waals surface area contributed by atoms with Gasteiger partial charge in [-0.15, -0.1) is 0 Å². The van der Waals surface area contributed by atoms with E-state index in [1.165, 1.54) is 6.07 Å². The Morgan fingerprint density at radius 1 is 1.24 bits per heavy atom. The van der Waals surface area contributed by atoms with Crippen molar-refractivity contribution in [3.8, 4) is 5.75 Å². The van der Waals surface area contributed by atoms with Gasteiger partial charge in [0.25, 0.3) is 5.91 Å². The number of halogens is 1. The van der Waals surface area contributed by atoms with Gasteiger partial charge in [-0.05, 0) is 23.8 Å². The number of hydrogen-bond donors (Lipinski definition) is 3. The Hall–Kier alpha value is -1.92. The lowest BCUT2D eigenvalue weighted by Crippen LogP contribution is -2.23. The standard InChI is InChI=1S/C15H13BrN2O2S/c16-11-5-6-13(19)12(7-11)15(20)18-8-9-1-3-10(4-2-9)14(17)21/h1-7,19H,8H2,(H2,17,21)(H,18,20). The quantitative estimate of drug-likeness (QED) is 0.729. The minimum Gasteiger partial charge on any atom is -0.507 e. The van der Waals surface area contributed by atoms with Crippen molar-refractivity contribution in [2.45, 2.75) is 6.54 Å². The Labute approximate surface area is 136 Å². The first kappa shape index (κ1) is 15.5. The summed E-state index contributed by atoms with van der Waals surface area (Å²) in [6, 6.07) is 12.0. The SMILES string of the molecule is NC(=S)c1ccc(CNC(=O)c2cc(Br)ccc2O)cc1. The molecule has 0 atom stereocenters. The predicted octanol–water partition coefficient (Wildman–Crippen LogP) is 2.72. The van der Waals surface area contributed by atoms with Crippen molar-refractivity contribution in [3.05, 3.63) is 63.6 Å². The number of hydrogen-bond acceptors (Lipinski definition) is 3. The van der Waals surface area contributed by atoms with E-state index < -0.39 is 0 Å². The Morgan fingerprint density at radius 3 is 2.52 bits per heavy atom. The predicted molar refractivity (Wildman–Crippen MR) is 89.3 cm³/mol. The summed E-state index contributed by atoms with van der Waals surface area (Å²) in [5, 5.41) is 12.4. The van der Waals surface area contributed by atoms with E-state index in [4.69, 9.17) is 18.0 Å². The third-order valence-corrected chi connectivity index (χ3v) is 3.62. The van der Waals surface area contributed by atoms with Crippen molar-refractivity contribution in [2.75, 3.05) is 0 Å². The first-order chi connectivity index (χ1) is 9.97. The van der Waals surface area contributed by atoms with Gasteiger partial charge in [0, 0.05) is 16.6 Å². The zero-order valence-corrected chi connectivity index (χ0v) is 13.4. The molecular formula is C15H13BrN2O2S. The Balaban J connectivity index is 2.04. The van der Waals surface area contributed by atoms with Crippen LogP contribution in [-0.4, -0.2) is 16.0 Å². The molecular weight excluding hydrogens is 352 g/mol. The van der Waals surface area contributed by atoms with Gasteiger partial charge >= 0.3 is 0 Å². The molecule has 0 aromatic heterocycles. The average molecular weight is 365 g/mol. The Morgan fingerprint density at radius 2 is 1.90 bits per heavy atom. The van der Waals surface area contributed by atoms with Crippen molar-refractivity contribution in [2.24, 2.45) is 5.73 Å². The van der Waals surface area contributed by atoms with Crippen LogP contribution in [0.2, 0.25) is 0 Å². The second-order valence-corrected chi connectivity index (χ2v) is 5.76. The summed E-state index contributed by atoms with van der Waals surface area (Å²) in [5.74, 6) is -0.397. The van der Waals surface area contributed by atoms with Gasteiger partial charge in [-0.25, -0.2) is 0 Å². The van der Waals surface area contributed by atoms with Crippen molar-refractivity contribution in [1.82, 2.24) is 5.32 Å². The molecule has 6 heteroatoms. The highest BCUT2D eigenvalue weighted by Crippen LogP contribution is 2.21. The van der Waals surface area contributed by atoms with Gasteiger partial charge in [0.1, 0.15) is 10.7 Å². The molecule has 0 aliphatic heterocycles. The number of nitrogens with one attached hydrogen (secondary N) is 1. The maximum atomic E-state index is 12.0. The number of phenols is 1. The molecule has 2 aromatic rings. The fourth-order valence-corrected chi connectivity index (χ4v) is 2.25. The van der Waals surface area contributed by atoms with E-state index in [0.717, 1.165) is 15.6 Å². The second-order valence-electron chi connectivity index (χ2n) is 4.41. The van der Waals surface area contributed by atoms with E-state index in [2.05, 4.69) is 21.2 Å². The molecule has 0 fully saturated rings. The molecule has 4 nitrogen and oxygen atoms in total. The molecule has 0 bridgehead atoms. The highest BCUT2D eigenvalue weighted by Gasteiger charge is 2.11. The first-order valence-electron chi connectivity index (χ1n) is 6.13. The molecule has 1 amide bonds. The maximum absolute atomic E-state index is 12.0. The van der Waals surface area contributed by atoms with E-state index in [1.807, 2.05) is 12.1 Å². The third-order valence-electron chi connectivity index (χ3n) is 2.89. The lowest BCUT2D eigenvalue weighted by atomic mass is 10.1. The summed E-state index contributed by atoms with van der Waals surface area (Å²) in [6.07, 6.45) is 0. The number of carbonyl (C=O) groups excluding carboxylic acids is 1. The van der Waals surface area contributed by atoms with Crippen molar-refractivity contribution >= 4 is 39.0 Å². The lowest BCUT2D eigenvalue weighted by molar-refractivity contribution is 0.0948. The van der Waals surface area contributed by atoms with Crippen LogP contribution in [-0.2, 0) is 6.54 Å². The molecule has 21 heavy (non-hydrogen) atoms. The first-order valence-corrected chi connectivity index (χ1v) is 7.33. The van der Waals surface area contributed by atoms with Crippen LogP contribution in [0.25, 0.3) is 0 Å². The van der Waals surface area contributed by atoms with Gasteiger partial charge in [0.05, 0.1) is 5.56 Å². The summed E-state index contributed by atoms with van der Waals surface area (Å²) in [6.45, 7) is 0.350. The fourth-order valence-electron chi connectivity index (χ4n) is 1.75. The highest BCUT2D eigenvalue weighted by atomic mass is 79.9. The van der Waals surface area contributed by atoms with E-state index in [9.17, 15) is 9.90 Å². The van der Waals surface area contributed by atoms with E-state index >= 15 is 0 Å². The minimum atomic E-state index is -0.341. The topological polar surface area (TPSA) is 75.3 Å². The lowest BCUT2D eigenvalue weighted by Gasteiger charge is -2.08. The van der Waals surface area contributed by atoms with Crippen LogP contribution in [0.5, 0.6) is 5.75 Å². The van der Waals surface area contributed by atoms with Crippen LogP contribution in [0.1, 0.15) is 21.5 Å². The average Bonchev–Trinajstić information content (AvgIpc) is 2.47. The summed E-state index contributed by atoms with van der Waals surface area (Å²) in [7, 11) is 0. The van der Waals surface area contributed by atoms with Crippen molar-refractivity contribution < 1.29 is 9.90 Å². The van der Waals surface area contributed by atoms with E-state index in [1.54, 1.807) is 24.3 Å². The number of carbonyl (C=O) groups is 1. The molecule has 2 aromatic carbocycles. The molecule has 0 saturated heterocycles. The number of amides is 1. The maximum Gasteiger partial charge on any atom is 0.255 e. The molecule has 0 saturated carbocycles. The number of phenolic OH excluding ortho intramolecular Hbond substituents is 1. The van der Waals surface area contributed by atoms with Crippen LogP contribution in [0.15, 0.2) is 46.9 Å². The third kappa shape index (κ3) is 4.03. The van der Waals surface area contributed by atoms with Crippen molar-refractivity contribution in [1.29, 1.82) is 0 Å². The number of rotatable bonds is 4. The number of thiocarbonyl (C=S) groups is 1. The number of nitrogens with two attached hydrogens (primary N) is 1. The molecule has 0 aliphatic rings. The summed E-state index contributed by atoms with van der Waals surface area (Å²) in [5.41, 5.74) is 7.45. The summed E-state index contributed by atoms with van der Waals surface area (Å²) in [4.78, 5) is 12.4.